The van der Waals surface area contributed by atoms with Crippen molar-refractivity contribution >= 4 is 22.8 Å². The maximum atomic E-state index is 12.1. The molecule has 1 heterocycles. The summed E-state index contributed by atoms with van der Waals surface area (Å²) in [6.07, 6.45) is 1.46. The van der Waals surface area contributed by atoms with Crippen LogP contribution in [0.1, 0.15) is 36.7 Å². The number of nitrogens with zero attached hydrogens (tertiary/aromatic N) is 1. The van der Waals surface area contributed by atoms with Gasteiger partial charge in [0, 0.05) is 22.8 Å². The molecule has 2 aromatic rings. The molecule has 0 bridgehead atoms. The van der Waals surface area contributed by atoms with Gasteiger partial charge in [-0.1, -0.05) is 32.9 Å². The second-order valence-corrected chi connectivity index (χ2v) is 6.76. The van der Waals surface area contributed by atoms with E-state index in [0.29, 0.717) is 5.56 Å². The highest BCUT2D eigenvalue weighted by Gasteiger charge is 2.13. The molecule has 0 aliphatic rings. The maximum absolute atomic E-state index is 12.1. The van der Waals surface area contributed by atoms with Gasteiger partial charge in [0.2, 0.25) is 5.78 Å². The molecule has 0 amide bonds. The minimum absolute atomic E-state index is 0.0956. The van der Waals surface area contributed by atoms with Crippen LogP contribution in [-0.2, 0) is 5.41 Å². The Labute approximate surface area is 134 Å². The first-order valence-corrected chi connectivity index (χ1v) is 7.90. The van der Waals surface area contributed by atoms with Gasteiger partial charge >= 0.3 is 0 Å². The number of hydrogen-bond donors (Lipinski definition) is 1. The van der Waals surface area contributed by atoms with Crippen LogP contribution in [0.3, 0.4) is 0 Å². The normalized spacial score (nSPS) is 11.8. The second-order valence-electron chi connectivity index (χ2n) is 5.98. The van der Waals surface area contributed by atoms with Gasteiger partial charge in [0.25, 0.3) is 0 Å². The molecule has 112 valence electrons. The van der Waals surface area contributed by atoms with Gasteiger partial charge in [0.15, 0.2) is 0 Å². The van der Waals surface area contributed by atoms with Crippen molar-refractivity contribution in [2.75, 3.05) is 5.32 Å². The molecule has 2 rings (SSSR count). The maximum Gasteiger partial charge on any atom is 0.205 e. The van der Waals surface area contributed by atoms with Crippen molar-refractivity contribution in [3.05, 3.63) is 64.0 Å². The van der Waals surface area contributed by atoms with E-state index in [1.54, 1.807) is 11.4 Å². The molecule has 0 aliphatic heterocycles. The highest BCUT2D eigenvalue weighted by atomic mass is 32.1. The molecule has 1 aromatic heterocycles. The van der Waals surface area contributed by atoms with Crippen molar-refractivity contribution in [1.82, 2.24) is 0 Å². The first-order chi connectivity index (χ1) is 10.4. The molecule has 0 atom stereocenters. The SMILES string of the molecule is CC(C)(C)c1ccc(NC=C(C#N)C(=O)c2ccsc2)cc1. The summed E-state index contributed by atoms with van der Waals surface area (Å²) in [7, 11) is 0. The van der Waals surface area contributed by atoms with E-state index in [1.165, 1.54) is 23.1 Å². The van der Waals surface area contributed by atoms with Gasteiger partial charge in [-0.25, -0.2) is 0 Å². The Kier molecular flexibility index (Phi) is 4.79. The summed E-state index contributed by atoms with van der Waals surface area (Å²) in [6, 6.07) is 11.6. The zero-order chi connectivity index (χ0) is 16.2. The van der Waals surface area contributed by atoms with Crippen molar-refractivity contribution in [1.29, 1.82) is 5.26 Å². The first kappa shape index (κ1) is 16.0. The quantitative estimate of drug-likeness (QED) is 0.504. The molecule has 3 nitrogen and oxygen atoms in total. The molecule has 0 aliphatic carbocycles. The van der Waals surface area contributed by atoms with Crippen LogP contribution in [0.2, 0.25) is 0 Å². The van der Waals surface area contributed by atoms with Crippen LogP contribution in [-0.4, -0.2) is 5.78 Å². The van der Waals surface area contributed by atoms with E-state index < -0.39 is 0 Å². The van der Waals surface area contributed by atoms with Gasteiger partial charge in [-0.3, -0.25) is 4.79 Å². The zero-order valence-electron chi connectivity index (χ0n) is 12.9. The molecule has 1 N–H and O–H groups in total. The Morgan fingerprint density at radius 3 is 2.41 bits per heavy atom. The number of benzene rings is 1. The number of Topliss-reactive ketones (excluding diaryl/α,β-unsaturated/α-hetero) is 1. The Balaban J connectivity index is 2.13. The summed E-state index contributed by atoms with van der Waals surface area (Å²) in [5.74, 6) is -0.262. The Morgan fingerprint density at radius 1 is 1.23 bits per heavy atom. The van der Waals surface area contributed by atoms with E-state index in [0.717, 1.165) is 5.69 Å². The highest BCUT2D eigenvalue weighted by Crippen LogP contribution is 2.23. The molecule has 0 fully saturated rings. The number of thiophene rings is 1. The lowest BCUT2D eigenvalue weighted by molar-refractivity contribution is 0.103. The fourth-order valence-electron chi connectivity index (χ4n) is 1.92. The average molecular weight is 310 g/mol. The van der Waals surface area contributed by atoms with Crippen LogP contribution in [0.25, 0.3) is 0 Å². The monoisotopic (exact) mass is 310 g/mol. The summed E-state index contributed by atoms with van der Waals surface area (Å²) >= 11 is 1.44. The topological polar surface area (TPSA) is 52.9 Å². The highest BCUT2D eigenvalue weighted by molar-refractivity contribution is 7.08. The summed E-state index contributed by atoms with van der Waals surface area (Å²) in [5.41, 5.74) is 2.82. The van der Waals surface area contributed by atoms with Crippen molar-refractivity contribution in [3.8, 4) is 6.07 Å². The molecule has 0 unspecified atom stereocenters. The van der Waals surface area contributed by atoms with E-state index in [9.17, 15) is 4.79 Å². The molecule has 0 saturated heterocycles. The molecule has 0 spiro atoms. The van der Waals surface area contributed by atoms with Gasteiger partial charge in [0.1, 0.15) is 11.6 Å². The molecule has 4 heteroatoms. The number of allylic oxidation sites excluding steroid dienone is 1. The van der Waals surface area contributed by atoms with Crippen LogP contribution < -0.4 is 5.32 Å². The lowest BCUT2D eigenvalue weighted by atomic mass is 9.87. The van der Waals surface area contributed by atoms with E-state index >= 15 is 0 Å². The third-order valence-electron chi connectivity index (χ3n) is 3.28. The number of carbonyl (C=O) groups is 1. The molecule has 1 aromatic carbocycles. The molecule has 22 heavy (non-hydrogen) atoms. The minimum atomic E-state index is -0.262. The molecular weight excluding hydrogens is 292 g/mol. The number of rotatable bonds is 4. The Bertz CT molecular complexity index is 714. The van der Waals surface area contributed by atoms with Gasteiger partial charge in [-0.2, -0.15) is 16.6 Å². The predicted octanol–water partition coefficient (Wildman–Crippen LogP) is 4.75. The van der Waals surface area contributed by atoms with Crippen molar-refractivity contribution in [2.24, 2.45) is 0 Å². The number of anilines is 1. The average Bonchev–Trinajstić information content (AvgIpc) is 3.01. The summed E-state index contributed by atoms with van der Waals surface area (Å²) in [6.45, 7) is 6.47. The van der Waals surface area contributed by atoms with Crippen molar-refractivity contribution in [2.45, 2.75) is 26.2 Å². The second kappa shape index (κ2) is 6.59. The number of nitriles is 1. The van der Waals surface area contributed by atoms with Crippen LogP contribution >= 0.6 is 11.3 Å². The van der Waals surface area contributed by atoms with E-state index in [2.05, 4.69) is 26.1 Å². The van der Waals surface area contributed by atoms with Crippen LogP contribution in [0.5, 0.6) is 0 Å². The number of carbonyl (C=O) groups excluding carboxylic acids is 1. The van der Waals surface area contributed by atoms with Crippen LogP contribution in [0.4, 0.5) is 5.69 Å². The van der Waals surface area contributed by atoms with E-state index in [4.69, 9.17) is 5.26 Å². The molecular formula is C18H18N2OS. The van der Waals surface area contributed by atoms with Crippen molar-refractivity contribution < 1.29 is 4.79 Å². The Morgan fingerprint density at radius 2 is 1.91 bits per heavy atom. The fraction of sp³-hybridized carbons (Fsp3) is 0.222. The minimum Gasteiger partial charge on any atom is -0.360 e. The van der Waals surface area contributed by atoms with E-state index in [-0.39, 0.29) is 16.8 Å². The smallest absolute Gasteiger partial charge is 0.205 e. The number of hydrogen-bond acceptors (Lipinski definition) is 4. The standard InChI is InChI=1S/C18H18N2OS/c1-18(2,3)15-4-6-16(7-5-15)20-11-14(10-19)17(21)13-8-9-22-12-13/h4-9,11-12,20H,1-3H3. The summed E-state index contributed by atoms with van der Waals surface area (Å²) in [4.78, 5) is 12.1. The Hall–Kier alpha value is -2.38. The zero-order valence-corrected chi connectivity index (χ0v) is 13.7. The van der Waals surface area contributed by atoms with Gasteiger partial charge in [-0.05, 0) is 34.6 Å². The lowest BCUT2D eigenvalue weighted by Gasteiger charge is -2.19. The number of nitrogens with one attached hydrogen (secondary N) is 1. The van der Waals surface area contributed by atoms with Crippen LogP contribution in [0, 0.1) is 11.3 Å². The van der Waals surface area contributed by atoms with Gasteiger partial charge < -0.3 is 5.32 Å². The molecule has 0 radical (unpaired) electrons. The summed E-state index contributed by atoms with van der Waals surface area (Å²) in [5, 5.41) is 15.7. The predicted molar refractivity (Wildman–Crippen MR) is 91.1 cm³/mol. The van der Waals surface area contributed by atoms with Crippen LogP contribution in [0.15, 0.2) is 52.9 Å². The van der Waals surface area contributed by atoms with E-state index in [1.807, 2.05) is 35.7 Å². The summed E-state index contributed by atoms with van der Waals surface area (Å²) < 4.78 is 0. The lowest BCUT2D eigenvalue weighted by Crippen LogP contribution is -2.10. The fourth-order valence-corrected chi connectivity index (χ4v) is 2.56. The number of ketones is 1. The van der Waals surface area contributed by atoms with Gasteiger partial charge in [-0.15, -0.1) is 0 Å². The van der Waals surface area contributed by atoms with Gasteiger partial charge in [0.05, 0.1) is 0 Å². The van der Waals surface area contributed by atoms with Crippen molar-refractivity contribution in [3.63, 3.8) is 0 Å². The first-order valence-electron chi connectivity index (χ1n) is 6.96. The molecule has 0 saturated carbocycles. The largest absolute Gasteiger partial charge is 0.360 e. The third-order valence-corrected chi connectivity index (χ3v) is 3.97. The third kappa shape index (κ3) is 3.84.